The Morgan fingerprint density at radius 2 is 2.00 bits per heavy atom. The molecule has 0 bridgehead atoms. The molecule has 1 aromatic carbocycles. The number of hydrogen-bond donors (Lipinski definition) is 1. The largest absolute Gasteiger partial charge is 0.496 e. The number of nitrogens with zero attached hydrogens (tertiary/aromatic N) is 1. The normalized spacial score (nSPS) is 22.3. The Bertz CT molecular complexity index is 524. The van der Waals surface area contributed by atoms with Crippen LogP contribution in [-0.2, 0) is 4.74 Å². The highest BCUT2D eigenvalue weighted by molar-refractivity contribution is 5.68. The molecule has 0 radical (unpaired) electrons. The Labute approximate surface area is 131 Å². The van der Waals surface area contributed by atoms with Crippen LogP contribution in [0.4, 0.5) is 4.79 Å². The summed E-state index contributed by atoms with van der Waals surface area (Å²) in [7, 11) is 1.63. The Morgan fingerprint density at radius 3 is 2.59 bits per heavy atom. The summed E-state index contributed by atoms with van der Waals surface area (Å²) in [5.74, 6) is 0.743. The third kappa shape index (κ3) is 3.91. The Morgan fingerprint density at radius 1 is 1.32 bits per heavy atom. The van der Waals surface area contributed by atoms with Crippen LogP contribution >= 0.6 is 0 Å². The minimum atomic E-state index is -0.627. The topological polar surface area (TPSA) is 59.0 Å². The van der Waals surface area contributed by atoms with Gasteiger partial charge >= 0.3 is 6.09 Å². The molecule has 1 amide bonds. The fraction of sp³-hybridized carbons (Fsp3) is 0.588. The maximum Gasteiger partial charge on any atom is 0.410 e. The van der Waals surface area contributed by atoms with Gasteiger partial charge in [0.25, 0.3) is 0 Å². The van der Waals surface area contributed by atoms with Crippen molar-refractivity contribution >= 4 is 6.09 Å². The standard InChI is InChI=1S/C17H25NO4/c1-17(2,3)22-16(20)18-10-9-12(14(19)11-18)13-7-5-6-8-15(13)21-4/h5-8,12,14,19H,9-11H2,1-4H3/t12-,14-/m0/s1. The first kappa shape index (κ1) is 16.6. The molecule has 0 saturated carbocycles. The van der Waals surface area contributed by atoms with Gasteiger partial charge in [-0.2, -0.15) is 0 Å². The number of ether oxygens (including phenoxy) is 2. The second kappa shape index (κ2) is 6.57. The molecule has 22 heavy (non-hydrogen) atoms. The highest BCUT2D eigenvalue weighted by Crippen LogP contribution is 2.34. The number of carbonyl (C=O) groups excluding carboxylic acids is 1. The van der Waals surface area contributed by atoms with Crippen molar-refractivity contribution in [2.24, 2.45) is 0 Å². The highest BCUT2D eigenvalue weighted by atomic mass is 16.6. The van der Waals surface area contributed by atoms with E-state index in [2.05, 4.69) is 0 Å². The van der Waals surface area contributed by atoms with E-state index in [1.54, 1.807) is 12.0 Å². The number of benzene rings is 1. The lowest BCUT2D eigenvalue weighted by Crippen LogP contribution is -2.47. The number of piperidine rings is 1. The molecule has 2 atom stereocenters. The van der Waals surface area contributed by atoms with E-state index in [1.807, 2.05) is 45.0 Å². The zero-order valence-electron chi connectivity index (χ0n) is 13.7. The summed E-state index contributed by atoms with van der Waals surface area (Å²) in [6, 6.07) is 7.70. The molecule has 0 unspecified atom stereocenters. The van der Waals surface area contributed by atoms with Crippen LogP contribution in [-0.4, -0.2) is 48.0 Å². The minimum Gasteiger partial charge on any atom is -0.496 e. The van der Waals surface area contributed by atoms with E-state index in [-0.39, 0.29) is 18.6 Å². The number of amides is 1. The Balaban J connectivity index is 2.05. The third-order valence-corrected chi connectivity index (χ3v) is 3.77. The van der Waals surface area contributed by atoms with Gasteiger partial charge in [0.1, 0.15) is 11.4 Å². The lowest BCUT2D eigenvalue weighted by atomic mass is 9.86. The van der Waals surface area contributed by atoms with E-state index >= 15 is 0 Å². The van der Waals surface area contributed by atoms with Crippen LogP contribution in [0.3, 0.4) is 0 Å². The summed E-state index contributed by atoms with van der Waals surface area (Å²) >= 11 is 0. The Kier molecular flexibility index (Phi) is 4.96. The molecule has 1 aromatic rings. The molecule has 1 fully saturated rings. The SMILES string of the molecule is COc1ccccc1[C@@H]1CCN(C(=O)OC(C)(C)C)C[C@@H]1O. The average molecular weight is 307 g/mol. The van der Waals surface area contributed by atoms with Crippen molar-refractivity contribution in [3.05, 3.63) is 29.8 Å². The van der Waals surface area contributed by atoms with Crippen LogP contribution in [0.2, 0.25) is 0 Å². The smallest absolute Gasteiger partial charge is 0.410 e. The van der Waals surface area contributed by atoms with Gasteiger partial charge in [-0.25, -0.2) is 4.79 Å². The summed E-state index contributed by atoms with van der Waals surface area (Å²) in [5, 5.41) is 10.5. The molecule has 5 nitrogen and oxygen atoms in total. The van der Waals surface area contributed by atoms with E-state index < -0.39 is 11.7 Å². The fourth-order valence-electron chi connectivity index (χ4n) is 2.76. The third-order valence-electron chi connectivity index (χ3n) is 3.77. The van der Waals surface area contributed by atoms with Crippen LogP contribution < -0.4 is 4.74 Å². The summed E-state index contributed by atoms with van der Waals surface area (Å²) in [6.07, 6.45) is -0.316. The van der Waals surface area contributed by atoms with E-state index in [4.69, 9.17) is 9.47 Å². The first-order valence-corrected chi connectivity index (χ1v) is 7.60. The van der Waals surface area contributed by atoms with Gasteiger partial charge in [0, 0.05) is 12.5 Å². The van der Waals surface area contributed by atoms with Crippen LogP contribution in [0.25, 0.3) is 0 Å². The number of para-hydroxylation sites is 1. The lowest BCUT2D eigenvalue weighted by molar-refractivity contribution is -0.00169. The van der Waals surface area contributed by atoms with Crippen molar-refractivity contribution in [1.29, 1.82) is 0 Å². The fourth-order valence-corrected chi connectivity index (χ4v) is 2.76. The van der Waals surface area contributed by atoms with Gasteiger partial charge in [-0.1, -0.05) is 18.2 Å². The number of carbonyl (C=O) groups is 1. The molecule has 1 saturated heterocycles. The molecule has 5 heteroatoms. The van der Waals surface area contributed by atoms with E-state index in [1.165, 1.54) is 0 Å². The van der Waals surface area contributed by atoms with Crippen molar-refractivity contribution in [3.8, 4) is 5.75 Å². The zero-order chi connectivity index (χ0) is 16.3. The summed E-state index contributed by atoms with van der Waals surface area (Å²) in [4.78, 5) is 13.7. The highest BCUT2D eigenvalue weighted by Gasteiger charge is 2.34. The predicted molar refractivity (Wildman–Crippen MR) is 84.2 cm³/mol. The van der Waals surface area contributed by atoms with Gasteiger partial charge in [0.15, 0.2) is 0 Å². The number of aliphatic hydroxyl groups excluding tert-OH is 1. The molecule has 1 aliphatic heterocycles. The van der Waals surface area contributed by atoms with Crippen molar-refractivity contribution in [3.63, 3.8) is 0 Å². The molecule has 0 aromatic heterocycles. The zero-order valence-corrected chi connectivity index (χ0v) is 13.7. The summed E-state index contributed by atoms with van der Waals surface area (Å²) in [5.41, 5.74) is 0.461. The van der Waals surface area contributed by atoms with Gasteiger partial charge < -0.3 is 19.5 Å². The second-order valence-electron chi connectivity index (χ2n) is 6.63. The second-order valence-corrected chi connectivity index (χ2v) is 6.63. The molecule has 2 rings (SSSR count). The number of hydrogen-bond acceptors (Lipinski definition) is 4. The maximum atomic E-state index is 12.1. The number of aliphatic hydroxyl groups is 1. The van der Waals surface area contributed by atoms with Gasteiger partial charge in [-0.05, 0) is 38.8 Å². The van der Waals surface area contributed by atoms with E-state index in [0.717, 1.165) is 11.3 Å². The average Bonchev–Trinajstić information content (AvgIpc) is 2.45. The first-order valence-electron chi connectivity index (χ1n) is 7.60. The molecule has 1 N–H and O–H groups in total. The van der Waals surface area contributed by atoms with E-state index in [9.17, 15) is 9.90 Å². The van der Waals surface area contributed by atoms with Crippen LogP contribution in [0.15, 0.2) is 24.3 Å². The van der Waals surface area contributed by atoms with Crippen molar-refractivity contribution in [2.45, 2.75) is 44.8 Å². The van der Waals surface area contributed by atoms with Gasteiger partial charge in [0.05, 0.1) is 19.8 Å². The molecular formula is C17H25NO4. The van der Waals surface area contributed by atoms with Crippen LogP contribution in [0.5, 0.6) is 5.75 Å². The van der Waals surface area contributed by atoms with Gasteiger partial charge in [0.2, 0.25) is 0 Å². The Hall–Kier alpha value is -1.75. The summed E-state index contributed by atoms with van der Waals surface area (Å²) < 4.78 is 10.7. The molecule has 1 aliphatic rings. The van der Waals surface area contributed by atoms with Crippen LogP contribution in [0, 0.1) is 0 Å². The van der Waals surface area contributed by atoms with Gasteiger partial charge in [-0.3, -0.25) is 0 Å². The van der Waals surface area contributed by atoms with Crippen molar-refractivity contribution in [1.82, 2.24) is 4.90 Å². The summed E-state index contributed by atoms with van der Waals surface area (Å²) in [6.45, 7) is 6.35. The maximum absolute atomic E-state index is 12.1. The molecule has 0 aliphatic carbocycles. The minimum absolute atomic E-state index is 0.0326. The molecule has 122 valence electrons. The number of likely N-dealkylation sites (tertiary alicyclic amines) is 1. The predicted octanol–water partition coefficient (Wildman–Crippen LogP) is 2.78. The monoisotopic (exact) mass is 307 g/mol. The number of rotatable bonds is 2. The number of methoxy groups -OCH3 is 1. The van der Waals surface area contributed by atoms with E-state index in [0.29, 0.717) is 13.0 Å². The number of β-amino-alcohol motifs (C(OH)–C–C–N with tert-alkyl or cyclic N) is 1. The molecule has 0 spiro atoms. The van der Waals surface area contributed by atoms with Crippen LogP contribution in [0.1, 0.15) is 38.7 Å². The van der Waals surface area contributed by atoms with Gasteiger partial charge in [-0.15, -0.1) is 0 Å². The quantitative estimate of drug-likeness (QED) is 0.913. The molecule has 1 heterocycles. The van der Waals surface area contributed by atoms with Crippen molar-refractivity contribution in [2.75, 3.05) is 20.2 Å². The molecular weight excluding hydrogens is 282 g/mol. The lowest BCUT2D eigenvalue weighted by Gasteiger charge is -2.37. The van der Waals surface area contributed by atoms with Crippen molar-refractivity contribution < 1.29 is 19.4 Å². The first-order chi connectivity index (χ1) is 10.3.